The molecule has 2 aromatic rings. The molecule has 20 heavy (non-hydrogen) atoms. The van der Waals surface area contributed by atoms with Crippen molar-refractivity contribution in [2.75, 3.05) is 6.54 Å². The normalized spacial score (nSPS) is 13.3. The quantitative estimate of drug-likeness (QED) is 0.869. The van der Waals surface area contributed by atoms with Gasteiger partial charge in [-0.2, -0.15) is 11.3 Å². The summed E-state index contributed by atoms with van der Waals surface area (Å²) >= 11 is 13.0. The van der Waals surface area contributed by atoms with Gasteiger partial charge in [0.15, 0.2) is 0 Å². The highest BCUT2D eigenvalue weighted by Gasteiger charge is 2.17. The van der Waals surface area contributed by atoms with Gasteiger partial charge in [-0.15, -0.1) is 0 Å². The molecule has 1 aromatic heterocycles. The Labute approximate surface area is 131 Å². The Morgan fingerprint density at radius 1 is 1.25 bits per heavy atom. The zero-order valence-electron chi connectivity index (χ0n) is 10.1. The first-order chi connectivity index (χ1) is 9.40. The number of benzene rings is 1. The third-order valence-electron chi connectivity index (χ3n) is 2.60. The van der Waals surface area contributed by atoms with Crippen LogP contribution in [-0.2, 0) is 10.0 Å². The summed E-state index contributed by atoms with van der Waals surface area (Å²) in [6.07, 6.45) is -0.890. The molecule has 1 heterocycles. The lowest BCUT2D eigenvalue weighted by Gasteiger charge is -2.11. The van der Waals surface area contributed by atoms with Gasteiger partial charge in [0.25, 0.3) is 0 Å². The minimum Gasteiger partial charge on any atom is -0.387 e. The van der Waals surface area contributed by atoms with E-state index in [0.29, 0.717) is 5.56 Å². The Hall–Kier alpha value is -0.630. The SMILES string of the molecule is O=S(=O)(NC[C@@H](O)c1ccsc1)c1ccc(Cl)c(Cl)c1. The number of aliphatic hydroxyl groups excluding tert-OH is 1. The molecular weight excluding hydrogens is 341 g/mol. The van der Waals surface area contributed by atoms with Gasteiger partial charge in [0, 0.05) is 6.54 Å². The molecule has 0 aliphatic rings. The van der Waals surface area contributed by atoms with E-state index < -0.39 is 16.1 Å². The molecule has 0 saturated heterocycles. The highest BCUT2D eigenvalue weighted by Crippen LogP contribution is 2.25. The van der Waals surface area contributed by atoms with Gasteiger partial charge in [-0.05, 0) is 40.6 Å². The largest absolute Gasteiger partial charge is 0.387 e. The number of halogens is 2. The van der Waals surface area contributed by atoms with Crippen molar-refractivity contribution in [1.29, 1.82) is 0 Å². The van der Waals surface area contributed by atoms with Crippen molar-refractivity contribution >= 4 is 44.6 Å². The third-order valence-corrected chi connectivity index (χ3v) is 5.46. The summed E-state index contributed by atoms with van der Waals surface area (Å²) in [7, 11) is -3.74. The van der Waals surface area contributed by atoms with Gasteiger partial charge in [-0.1, -0.05) is 23.2 Å². The molecule has 2 rings (SSSR count). The zero-order valence-corrected chi connectivity index (χ0v) is 13.2. The maximum Gasteiger partial charge on any atom is 0.240 e. The summed E-state index contributed by atoms with van der Waals surface area (Å²) in [4.78, 5) is 0.00409. The topological polar surface area (TPSA) is 66.4 Å². The highest BCUT2D eigenvalue weighted by molar-refractivity contribution is 7.89. The monoisotopic (exact) mass is 351 g/mol. The fourth-order valence-electron chi connectivity index (χ4n) is 1.50. The van der Waals surface area contributed by atoms with Crippen LogP contribution in [0.15, 0.2) is 39.9 Å². The standard InChI is InChI=1S/C12H11Cl2NO3S2/c13-10-2-1-9(5-11(10)14)20(17,18)15-6-12(16)8-3-4-19-7-8/h1-5,7,12,15-16H,6H2/t12-/m1/s1. The number of aliphatic hydroxyl groups is 1. The lowest BCUT2D eigenvalue weighted by molar-refractivity contribution is 0.182. The summed E-state index contributed by atoms with van der Waals surface area (Å²) in [5.74, 6) is 0. The van der Waals surface area contributed by atoms with Gasteiger partial charge < -0.3 is 5.11 Å². The summed E-state index contributed by atoms with van der Waals surface area (Å²) in [6.45, 7) is -0.112. The molecule has 108 valence electrons. The van der Waals surface area contributed by atoms with Gasteiger partial charge in [-0.25, -0.2) is 13.1 Å². The van der Waals surface area contributed by atoms with Crippen molar-refractivity contribution in [3.05, 3.63) is 50.6 Å². The number of rotatable bonds is 5. The molecule has 1 aromatic carbocycles. The Morgan fingerprint density at radius 3 is 2.60 bits per heavy atom. The van der Waals surface area contributed by atoms with E-state index in [0.717, 1.165) is 0 Å². The Balaban J connectivity index is 2.09. The molecule has 2 N–H and O–H groups in total. The van der Waals surface area contributed by atoms with Crippen molar-refractivity contribution in [3.63, 3.8) is 0 Å². The van der Waals surface area contributed by atoms with Crippen molar-refractivity contribution < 1.29 is 13.5 Å². The predicted molar refractivity (Wildman–Crippen MR) is 80.9 cm³/mol. The molecule has 4 nitrogen and oxygen atoms in total. The van der Waals surface area contributed by atoms with E-state index in [4.69, 9.17) is 23.2 Å². The van der Waals surface area contributed by atoms with Crippen molar-refractivity contribution in [2.24, 2.45) is 0 Å². The first-order valence-corrected chi connectivity index (χ1v) is 8.73. The van der Waals surface area contributed by atoms with E-state index in [9.17, 15) is 13.5 Å². The van der Waals surface area contributed by atoms with Crippen LogP contribution < -0.4 is 4.72 Å². The van der Waals surface area contributed by atoms with Crippen LogP contribution in [0.25, 0.3) is 0 Å². The molecule has 0 bridgehead atoms. The smallest absolute Gasteiger partial charge is 0.240 e. The van der Waals surface area contributed by atoms with Gasteiger partial charge in [-0.3, -0.25) is 0 Å². The van der Waals surface area contributed by atoms with Crippen LogP contribution in [0.5, 0.6) is 0 Å². The Bertz CT molecular complexity index is 687. The number of hydrogen-bond donors (Lipinski definition) is 2. The first-order valence-electron chi connectivity index (χ1n) is 5.55. The van der Waals surface area contributed by atoms with Crippen LogP contribution in [0.1, 0.15) is 11.7 Å². The minimum absolute atomic E-state index is 0.00409. The van der Waals surface area contributed by atoms with E-state index in [1.165, 1.54) is 29.5 Å². The van der Waals surface area contributed by atoms with Crippen LogP contribution in [0.3, 0.4) is 0 Å². The van der Waals surface area contributed by atoms with Crippen LogP contribution in [0, 0.1) is 0 Å². The lowest BCUT2D eigenvalue weighted by atomic mass is 10.2. The van der Waals surface area contributed by atoms with E-state index in [1.54, 1.807) is 11.4 Å². The second-order valence-corrected chi connectivity index (χ2v) is 7.36. The van der Waals surface area contributed by atoms with E-state index >= 15 is 0 Å². The molecule has 8 heteroatoms. The van der Waals surface area contributed by atoms with Gasteiger partial charge in [0.2, 0.25) is 10.0 Å². The molecule has 0 saturated carbocycles. The van der Waals surface area contributed by atoms with E-state index in [2.05, 4.69) is 4.72 Å². The Morgan fingerprint density at radius 2 is 2.00 bits per heavy atom. The lowest BCUT2D eigenvalue weighted by Crippen LogP contribution is -2.28. The number of thiophene rings is 1. The van der Waals surface area contributed by atoms with Crippen LogP contribution in [0.4, 0.5) is 0 Å². The molecule has 0 aliphatic heterocycles. The second-order valence-electron chi connectivity index (χ2n) is 4.00. The van der Waals surface area contributed by atoms with E-state index in [1.807, 2.05) is 5.38 Å². The van der Waals surface area contributed by atoms with Gasteiger partial charge in [0.1, 0.15) is 0 Å². The van der Waals surface area contributed by atoms with Crippen molar-refractivity contribution in [3.8, 4) is 0 Å². The zero-order chi connectivity index (χ0) is 14.8. The number of sulfonamides is 1. The first kappa shape index (κ1) is 15.8. The van der Waals surface area contributed by atoms with Gasteiger partial charge >= 0.3 is 0 Å². The second kappa shape index (κ2) is 6.43. The number of hydrogen-bond acceptors (Lipinski definition) is 4. The van der Waals surface area contributed by atoms with Crippen molar-refractivity contribution in [2.45, 2.75) is 11.0 Å². The molecule has 0 fully saturated rings. The van der Waals surface area contributed by atoms with Crippen molar-refractivity contribution in [1.82, 2.24) is 4.72 Å². The molecule has 0 unspecified atom stereocenters. The molecule has 0 spiro atoms. The molecule has 1 atom stereocenters. The van der Waals surface area contributed by atoms with E-state index in [-0.39, 0.29) is 21.5 Å². The summed E-state index contributed by atoms with van der Waals surface area (Å²) < 4.78 is 26.4. The summed E-state index contributed by atoms with van der Waals surface area (Å²) in [6, 6.07) is 5.77. The highest BCUT2D eigenvalue weighted by atomic mass is 35.5. The Kier molecular flexibility index (Phi) is 5.06. The van der Waals surface area contributed by atoms with Crippen LogP contribution in [0.2, 0.25) is 10.0 Å². The fraction of sp³-hybridized carbons (Fsp3) is 0.167. The summed E-state index contributed by atoms with van der Waals surface area (Å²) in [5.41, 5.74) is 0.673. The average Bonchev–Trinajstić information content (AvgIpc) is 2.93. The minimum atomic E-state index is -3.74. The summed E-state index contributed by atoms with van der Waals surface area (Å²) in [5, 5.41) is 13.9. The molecular formula is C12H11Cl2NO3S2. The maximum atomic E-state index is 12.0. The van der Waals surface area contributed by atoms with Gasteiger partial charge in [0.05, 0.1) is 21.0 Å². The third kappa shape index (κ3) is 3.72. The maximum absolute atomic E-state index is 12.0. The number of nitrogens with one attached hydrogen (secondary N) is 1. The van der Waals surface area contributed by atoms with Crippen LogP contribution in [-0.4, -0.2) is 20.1 Å². The average molecular weight is 352 g/mol. The fourth-order valence-corrected chi connectivity index (χ4v) is 3.63. The molecule has 0 amide bonds. The molecule has 0 aliphatic carbocycles. The molecule has 0 radical (unpaired) electrons. The van der Waals surface area contributed by atoms with Crippen LogP contribution >= 0.6 is 34.5 Å². The predicted octanol–water partition coefficient (Wildman–Crippen LogP) is 3.07.